The summed E-state index contributed by atoms with van der Waals surface area (Å²) in [7, 11) is 0. The molecule has 5 heteroatoms. The summed E-state index contributed by atoms with van der Waals surface area (Å²) < 4.78 is 15.9. The molecule has 0 radical (unpaired) electrons. The third-order valence-electron chi connectivity index (χ3n) is 2.87. The predicted molar refractivity (Wildman–Crippen MR) is 72.6 cm³/mol. The zero-order chi connectivity index (χ0) is 14.7. The second-order valence-electron chi connectivity index (χ2n) is 4.32. The number of esters is 1. The summed E-state index contributed by atoms with van der Waals surface area (Å²) in [5.41, 5.74) is 1.26. The van der Waals surface area contributed by atoms with E-state index in [-0.39, 0.29) is 5.76 Å². The third-order valence-corrected chi connectivity index (χ3v) is 2.87. The number of rotatable bonds is 4. The summed E-state index contributed by atoms with van der Waals surface area (Å²) in [5.74, 6) is 0.204. The van der Waals surface area contributed by atoms with Gasteiger partial charge in [0, 0.05) is 10.9 Å². The van der Waals surface area contributed by atoms with Crippen molar-refractivity contribution in [2.24, 2.45) is 0 Å². The number of fused-ring (bicyclic) bond motifs is 1. The molecular weight excluding hydrogens is 258 g/mol. The highest BCUT2D eigenvalue weighted by Gasteiger charge is 2.21. The van der Waals surface area contributed by atoms with Crippen LogP contribution >= 0.6 is 0 Å². The van der Waals surface area contributed by atoms with Crippen molar-refractivity contribution in [1.29, 1.82) is 5.26 Å². The second kappa shape index (κ2) is 5.66. The van der Waals surface area contributed by atoms with Crippen LogP contribution in [0, 0.1) is 18.3 Å². The van der Waals surface area contributed by atoms with Gasteiger partial charge < -0.3 is 13.9 Å². The maximum Gasteiger partial charge on any atom is 0.375 e. The number of benzene rings is 1. The van der Waals surface area contributed by atoms with Crippen LogP contribution in [0.1, 0.15) is 30.0 Å². The molecule has 0 bridgehead atoms. The molecule has 104 valence electrons. The lowest BCUT2D eigenvalue weighted by molar-refractivity contribution is 0.0400. The van der Waals surface area contributed by atoms with Gasteiger partial charge in [0.05, 0.1) is 6.61 Å². The van der Waals surface area contributed by atoms with Crippen molar-refractivity contribution in [2.45, 2.75) is 26.9 Å². The van der Waals surface area contributed by atoms with Crippen LogP contribution in [-0.4, -0.2) is 18.7 Å². The van der Waals surface area contributed by atoms with E-state index < -0.39 is 12.1 Å². The van der Waals surface area contributed by atoms with Gasteiger partial charge in [-0.15, -0.1) is 0 Å². The fourth-order valence-electron chi connectivity index (χ4n) is 1.89. The van der Waals surface area contributed by atoms with E-state index in [9.17, 15) is 4.79 Å². The molecule has 5 nitrogen and oxygen atoms in total. The van der Waals surface area contributed by atoms with Crippen LogP contribution in [0.5, 0.6) is 5.75 Å². The lowest BCUT2D eigenvalue weighted by Gasteiger charge is -2.03. The first-order valence-corrected chi connectivity index (χ1v) is 6.33. The first-order valence-electron chi connectivity index (χ1n) is 6.33. The van der Waals surface area contributed by atoms with E-state index in [1.807, 2.05) is 19.1 Å². The molecule has 1 aromatic carbocycles. The summed E-state index contributed by atoms with van der Waals surface area (Å²) >= 11 is 0. The van der Waals surface area contributed by atoms with Gasteiger partial charge in [-0.1, -0.05) is 0 Å². The van der Waals surface area contributed by atoms with Gasteiger partial charge in [0.2, 0.25) is 5.76 Å². The Morgan fingerprint density at radius 3 is 2.90 bits per heavy atom. The van der Waals surface area contributed by atoms with E-state index in [1.54, 1.807) is 19.1 Å². The van der Waals surface area contributed by atoms with E-state index in [2.05, 4.69) is 0 Å². The average Bonchev–Trinajstić information content (AvgIpc) is 2.76. The molecule has 0 fully saturated rings. The molecule has 0 aliphatic rings. The van der Waals surface area contributed by atoms with Crippen molar-refractivity contribution in [3.63, 3.8) is 0 Å². The number of carbonyl (C=O) groups is 1. The van der Waals surface area contributed by atoms with Crippen molar-refractivity contribution < 1.29 is 18.7 Å². The highest BCUT2D eigenvalue weighted by molar-refractivity contribution is 5.96. The Morgan fingerprint density at radius 1 is 1.50 bits per heavy atom. The lowest BCUT2D eigenvalue weighted by atomic mass is 10.1. The Labute approximate surface area is 116 Å². The maximum absolute atomic E-state index is 11.9. The van der Waals surface area contributed by atoms with Gasteiger partial charge in [0.1, 0.15) is 17.4 Å². The molecule has 1 aromatic heterocycles. The summed E-state index contributed by atoms with van der Waals surface area (Å²) in [5, 5.41) is 9.46. The quantitative estimate of drug-likeness (QED) is 0.800. The van der Waals surface area contributed by atoms with Crippen molar-refractivity contribution in [3.8, 4) is 11.8 Å². The first-order chi connectivity index (χ1) is 9.56. The van der Waals surface area contributed by atoms with Crippen LogP contribution in [0.4, 0.5) is 0 Å². The molecule has 0 spiro atoms. The van der Waals surface area contributed by atoms with Gasteiger partial charge in [0.25, 0.3) is 0 Å². The largest absolute Gasteiger partial charge is 0.494 e. The monoisotopic (exact) mass is 273 g/mol. The minimum absolute atomic E-state index is 0.121. The van der Waals surface area contributed by atoms with Crippen LogP contribution in [0.3, 0.4) is 0 Å². The van der Waals surface area contributed by atoms with Crippen LogP contribution in [0.15, 0.2) is 22.6 Å². The minimum atomic E-state index is -0.811. The Morgan fingerprint density at radius 2 is 2.25 bits per heavy atom. The Bertz CT molecular complexity index is 681. The molecule has 2 rings (SSSR count). The van der Waals surface area contributed by atoms with E-state index in [4.69, 9.17) is 19.2 Å². The van der Waals surface area contributed by atoms with E-state index >= 15 is 0 Å². The number of hydrogen-bond donors (Lipinski definition) is 0. The van der Waals surface area contributed by atoms with E-state index in [0.717, 1.165) is 5.39 Å². The number of furan rings is 1. The van der Waals surface area contributed by atoms with Gasteiger partial charge in [-0.25, -0.2) is 4.79 Å². The molecule has 1 heterocycles. The molecule has 0 saturated carbocycles. The zero-order valence-electron chi connectivity index (χ0n) is 11.6. The molecule has 0 amide bonds. The number of nitriles is 1. The summed E-state index contributed by atoms with van der Waals surface area (Å²) in [6.07, 6.45) is -0.811. The Balaban J connectivity index is 2.38. The van der Waals surface area contributed by atoms with E-state index in [0.29, 0.717) is 23.5 Å². The highest BCUT2D eigenvalue weighted by Crippen LogP contribution is 2.29. The summed E-state index contributed by atoms with van der Waals surface area (Å²) in [6, 6.07) is 7.19. The first kappa shape index (κ1) is 13.9. The van der Waals surface area contributed by atoms with Crippen LogP contribution in [0.2, 0.25) is 0 Å². The van der Waals surface area contributed by atoms with Crippen LogP contribution in [0.25, 0.3) is 11.0 Å². The molecule has 1 atom stereocenters. The molecular formula is C15H15NO4. The minimum Gasteiger partial charge on any atom is -0.494 e. The molecule has 0 unspecified atom stereocenters. The second-order valence-corrected chi connectivity index (χ2v) is 4.32. The molecule has 0 saturated heterocycles. The molecule has 0 aliphatic carbocycles. The highest BCUT2D eigenvalue weighted by atomic mass is 16.6. The van der Waals surface area contributed by atoms with Crippen LogP contribution in [-0.2, 0) is 4.74 Å². The zero-order valence-corrected chi connectivity index (χ0v) is 11.6. The van der Waals surface area contributed by atoms with Gasteiger partial charge in [-0.05, 0) is 39.0 Å². The van der Waals surface area contributed by atoms with Gasteiger partial charge >= 0.3 is 5.97 Å². The van der Waals surface area contributed by atoms with Crippen molar-refractivity contribution in [2.75, 3.05) is 6.61 Å². The molecule has 0 N–H and O–H groups in total. The topological polar surface area (TPSA) is 72.5 Å². The normalized spacial score (nSPS) is 11.9. The number of aryl methyl sites for hydroxylation is 1. The van der Waals surface area contributed by atoms with Crippen molar-refractivity contribution in [3.05, 3.63) is 29.5 Å². The number of hydrogen-bond acceptors (Lipinski definition) is 5. The third kappa shape index (κ3) is 2.59. The number of nitrogens with zero attached hydrogens (tertiary/aromatic N) is 1. The van der Waals surface area contributed by atoms with Gasteiger partial charge in [-0.3, -0.25) is 0 Å². The predicted octanol–water partition coefficient (Wildman–Crippen LogP) is 3.21. The van der Waals surface area contributed by atoms with Crippen molar-refractivity contribution >= 4 is 16.9 Å². The summed E-state index contributed by atoms with van der Waals surface area (Å²) in [6.45, 7) is 5.74. The van der Waals surface area contributed by atoms with Crippen molar-refractivity contribution in [1.82, 2.24) is 0 Å². The molecule has 2 aromatic rings. The fraction of sp³-hybridized carbons (Fsp3) is 0.333. The standard InChI is InChI=1S/C15H15NO4/c1-4-18-11-5-6-13-12(7-11)10(3)14(20-13)15(17)19-9(2)8-16/h5-7,9H,4H2,1-3H3/t9-/m0/s1. The van der Waals surface area contributed by atoms with Gasteiger partial charge in [0.15, 0.2) is 6.10 Å². The summed E-state index contributed by atoms with van der Waals surface area (Å²) in [4.78, 5) is 11.9. The van der Waals surface area contributed by atoms with Gasteiger partial charge in [-0.2, -0.15) is 5.26 Å². The number of carbonyl (C=O) groups excluding carboxylic acids is 1. The Hall–Kier alpha value is -2.48. The maximum atomic E-state index is 11.9. The lowest BCUT2D eigenvalue weighted by Crippen LogP contribution is -2.13. The Kier molecular flexibility index (Phi) is 3.94. The SMILES string of the molecule is CCOc1ccc2oc(C(=O)O[C@@H](C)C#N)c(C)c2c1. The number of ether oxygens (including phenoxy) is 2. The van der Waals surface area contributed by atoms with Crippen LogP contribution < -0.4 is 4.74 Å². The molecule has 0 aliphatic heterocycles. The molecule has 20 heavy (non-hydrogen) atoms. The smallest absolute Gasteiger partial charge is 0.375 e. The average molecular weight is 273 g/mol. The van der Waals surface area contributed by atoms with E-state index in [1.165, 1.54) is 6.92 Å². The fourth-order valence-corrected chi connectivity index (χ4v) is 1.89.